The Morgan fingerprint density at radius 2 is 1.81 bits per heavy atom. The third-order valence-electron chi connectivity index (χ3n) is 2.56. The lowest BCUT2D eigenvalue weighted by molar-refractivity contribution is 0.687. The van der Waals surface area contributed by atoms with Crippen LogP contribution in [0.1, 0.15) is 22.7 Å². The van der Waals surface area contributed by atoms with Crippen LogP contribution in [-0.2, 0) is 0 Å². The molecule has 0 aliphatic rings. The highest BCUT2D eigenvalue weighted by Crippen LogP contribution is 2.20. The fourth-order valence-corrected chi connectivity index (χ4v) is 1.82. The molecule has 0 saturated heterocycles. The van der Waals surface area contributed by atoms with Crippen molar-refractivity contribution in [3.8, 4) is 0 Å². The maximum absolute atomic E-state index is 4.22. The molecule has 2 heterocycles. The van der Waals surface area contributed by atoms with Gasteiger partial charge in [0.2, 0.25) is 0 Å². The molecule has 0 bridgehead atoms. The van der Waals surface area contributed by atoms with Crippen LogP contribution >= 0.6 is 0 Å². The zero-order chi connectivity index (χ0) is 11.4. The highest BCUT2D eigenvalue weighted by molar-refractivity contribution is 5.30. The number of nitrogens with one attached hydrogen (secondary N) is 1. The number of pyridine rings is 2. The van der Waals surface area contributed by atoms with Gasteiger partial charge >= 0.3 is 0 Å². The van der Waals surface area contributed by atoms with E-state index in [2.05, 4.69) is 28.3 Å². The second-order valence-electron chi connectivity index (χ2n) is 3.80. The standard InChI is InChI=1S/C13H15N3/c1-10-7-12(9-16-8-10)13(14-2)11-3-5-15-6-4-11/h3-9,13-14H,1-2H3. The fourth-order valence-electron chi connectivity index (χ4n) is 1.82. The van der Waals surface area contributed by atoms with Gasteiger partial charge in [0.1, 0.15) is 0 Å². The molecule has 3 nitrogen and oxygen atoms in total. The summed E-state index contributed by atoms with van der Waals surface area (Å²) in [7, 11) is 1.95. The van der Waals surface area contributed by atoms with Gasteiger partial charge in [0.05, 0.1) is 6.04 Å². The van der Waals surface area contributed by atoms with Gasteiger partial charge < -0.3 is 5.32 Å². The van der Waals surface area contributed by atoms with E-state index in [4.69, 9.17) is 0 Å². The third kappa shape index (κ3) is 2.25. The first-order valence-electron chi connectivity index (χ1n) is 5.30. The molecule has 2 aromatic rings. The van der Waals surface area contributed by atoms with E-state index in [1.165, 1.54) is 16.7 Å². The lowest BCUT2D eigenvalue weighted by Gasteiger charge is -2.16. The molecule has 82 valence electrons. The molecule has 2 rings (SSSR count). The normalized spacial score (nSPS) is 12.4. The number of rotatable bonds is 3. The highest BCUT2D eigenvalue weighted by atomic mass is 14.9. The Labute approximate surface area is 95.6 Å². The molecular formula is C13H15N3. The monoisotopic (exact) mass is 213 g/mol. The van der Waals surface area contributed by atoms with Crippen LogP contribution in [0.2, 0.25) is 0 Å². The number of aryl methyl sites for hydroxylation is 1. The van der Waals surface area contributed by atoms with Gasteiger partial charge in [-0.2, -0.15) is 0 Å². The summed E-state index contributed by atoms with van der Waals surface area (Å²) < 4.78 is 0. The van der Waals surface area contributed by atoms with E-state index in [1.807, 2.05) is 44.0 Å². The summed E-state index contributed by atoms with van der Waals surface area (Å²) in [6.07, 6.45) is 7.38. The third-order valence-corrected chi connectivity index (χ3v) is 2.56. The highest BCUT2D eigenvalue weighted by Gasteiger charge is 2.11. The van der Waals surface area contributed by atoms with E-state index >= 15 is 0 Å². The molecule has 0 aliphatic carbocycles. The zero-order valence-corrected chi connectivity index (χ0v) is 9.51. The van der Waals surface area contributed by atoms with Gasteiger partial charge in [0, 0.05) is 24.8 Å². The Balaban J connectivity index is 2.37. The van der Waals surface area contributed by atoms with Crippen LogP contribution in [0, 0.1) is 6.92 Å². The van der Waals surface area contributed by atoms with Crippen molar-refractivity contribution in [2.24, 2.45) is 0 Å². The molecular weight excluding hydrogens is 198 g/mol. The van der Waals surface area contributed by atoms with Crippen LogP contribution in [0.25, 0.3) is 0 Å². The van der Waals surface area contributed by atoms with Crippen molar-refractivity contribution in [1.82, 2.24) is 15.3 Å². The molecule has 16 heavy (non-hydrogen) atoms. The van der Waals surface area contributed by atoms with Crippen LogP contribution in [0.4, 0.5) is 0 Å². The number of aromatic nitrogens is 2. The van der Waals surface area contributed by atoms with E-state index < -0.39 is 0 Å². The summed E-state index contributed by atoms with van der Waals surface area (Å²) in [6, 6.07) is 6.36. The maximum Gasteiger partial charge on any atom is 0.0590 e. The largest absolute Gasteiger partial charge is 0.309 e. The molecule has 0 saturated carbocycles. The first-order chi connectivity index (χ1) is 7.81. The molecule has 0 fully saturated rings. The van der Waals surface area contributed by atoms with Crippen LogP contribution in [0.15, 0.2) is 43.0 Å². The SMILES string of the molecule is CNC(c1ccncc1)c1cncc(C)c1. The van der Waals surface area contributed by atoms with Gasteiger partial charge in [-0.3, -0.25) is 9.97 Å². The molecule has 1 unspecified atom stereocenters. The predicted octanol–water partition coefficient (Wildman–Crippen LogP) is 2.09. The van der Waals surface area contributed by atoms with Crippen LogP contribution in [0.5, 0.6) is 0 Å². The average molecular weight is 213 g/mol. The minimum atomic E-state index is 0.176. The van der Waals surface area contributed by atoms with E-state index in [-0.39, 0.29) is 6.04 Å². The number of hydrogen-bond acceptors (Lipinski definition) is 3. The Morgan fingerprint density at radius 1 is 1.06 bits per heavy atom. The summed E-state index contributed by atoms with van der Waals surface area (Å²) in [5, 5.41) is 3.29. The second kappa shape index (κ2) is 4.86. The van der Waals surface area contributed by atoms with Crippen molar-refractivity contribution in [2.75, 3.05) is 7.05 Å². The second-order valence-corrected chi connectivity index (χ2v) is 3.80. The van der Waals surface area contributed by atoms with Crippen molar-refractivity contribution >= 4 is 0 Å². The number of hydrogen-bond donors (Lipinski definition) is 1. The number of nitrogens with zero attached hydrogens (tertiary/aromatic N) is 2. The van der Waals surface area contributed by atoms with Crippen molar-refractivity contribution in [3.63, 3.8) is 0 Å². The van der Waals surface area contributed by atoms with Gasteiger partial charge in [-0.15, -0.1) is 0 Å². The zero-order valence-electron chi connectivity index (χ0n) is 9.51. The van der Waals surface area contributed by atoms with Crippen molar-refractivity contribution < 1.29 is 0 Å². The molecule has 2 aromatic heterocycles. The van der Waals surface area contributed by atoms with Gasteiger partial charge in [-0.05, 0) is 42.8 Å². The lowest BCUT2D eigenvalue weighted by atomic mass is 10.0. The van der Waals surface area contributed by atoms with Gasteiger partial charge in [0.15, 0.2) is 0 Å². The summed E-state index contributed by atoms with van der Waals surface area (Å²) in [4.78, 5) is 8.25. The lowest BCUT2D eigenvalue weighted by Crippen LogP contribution is -2.17. The molecule has 1 N–H and O–H groups in total. The molecule has 3 heteroatoms. The summed E-state index contributed by atoms with van der Waals surface area (Å²) >= 11 is 0. The Morgan fingerprint density at radius 3 is 2.44 bits per heavy atom. The van der Waals surface area contributed by atoms with Gasteiger partial charge in [-0.25, -0.2) is 0 Å². The van der Waals surface area contributed by atoms with Gasteiger partial charge in [-0.1, -0.05) is 6.07 Å². The first-order valence-corrected chi connectivity index (χ1v) is 5.30. The summed E-state index contributed by atoms with van der Waals surface area (Å²) in [5.74, 6) is 0. The van der Waals surface area contributed by atoms with Crippen molar-refractivity contribution in [2.45, 2.75) is 13.0 Å². The molecule has 0 aromatic carbocycles. The van der Waals surface area contributed by atoms with Crippen LogP contribution in [-0.4, -0.2) is 17.0 Å². The first kappa shape index (κ1) is 10.8. The minimum absolute atomic E-state index is 0.176. The summed E-state index contributed by atoms with van der Waals surface area (Å²) in [5.41, 5.74) is 3.55. The molecule has 1 atom stereocenters. The van der Waals surface area contributed by atoms with E-state index in [1.54, 1.807) is 0 Å². The van der Waals surface area contributed by atoms with E-state index in [9.17, 15) is 0 Å². The molecule has 0 spiro atoms. The predicted molar refractivity (Wildman–Crippen MR) is 64.1 cm³/mol. The average Bonchev–Trinajstić information content (AvgIpc) is 2.31. The maximum atomic E-state index is 4.22. The molecule has 0 radical (unpaired) electrons. The van der Waals surface area contributed by atoms with E-state index in [0.29, 0.717) is 0 Å². The smallest absolute Gasteiger partial charge is 0.0590 e. The fraction of sp³-hybridized carbons (Fsp3) is 0.231. The van der Waals surface area contributed by atoms with E-state index in [0.717, 1.165) is 0 Å². The van der Waals surface area contributed by atoms with Crippen molar-refractivity contribution in [3.05, 3.63) is 59.7 Å². The topological polar surface area (TPSA) is 37.8 Å². The van der Waals surface area contributed by atoms with Crippen LogP contribution in [0.3, 0.4) is 0 Å². The Hall–Kier alpha value is -1.74. The van der Waals surface area contributed by atoms with Crippen LogP contribution < -0.4 is 5.32 Å². The van der Waals surface area contributed by atoms with Crippen molar-refractivity contribution in [1.29, 1.82) is 0 Å². The molecule has 0 aliphatic heterocycles. The summed E-state index contributed by atoms with van der Waals surface area (Å²) in [6.45, 7) is 2.05. The molecule has 0 amide bonds. The quantitative estimate of drug-likeness (QED) is 0.848. The minimum Gasteiger partial charge on any atom is -0.309 e. The van der Waals surface area contributed by atoms with Gasteiger partial charge in [0.25, 0.3) is 0 Å². The Bertz CT molecular complexity index is 454. The Kier molecular flexibility index (Phi) is 3.27.